The maximum atomic E-state index is 12.9. The largest absolute Gasteiger partial charge is 0.486 e. The van der Waals surface area contributed by atoms with Gasteiger partial charge in [0.15, 0.2) is 16.3 Å². The van der Waals surface area contributed by atoms with E-state index in [4.69, 9.17) is 14.2 Å². The number of aromatic nitrogens is 2. The molecule has 1 aliphatic heterocycles. The average Bonchev–Trinajstić information content (AvgIpc) is 3.39. The lowest BCUT2D eigenvalue weighted by molar-refractivity contribution is -0.140. The van der Waals surface area contributed by atoms with Crippen LogP contribution in [0.25, 0.3) is 20.4 Å². The highest BCUT2D eigenvalue weighted by atomic mass is 32.1. The molecule has 0 saturated carbocycles. The van der Waals surface area contributed by atoms with Crippen LogP contribution in [0.15, 0.2) is 40.8 Å². The van der Waals surface area contributed by atoms with Gasteiger partial charge < -0.3 is 18.8 Å². The molecule has 5 rings (SSSR count). The van der Waals surface area contributed by atoms with Gasteiger partial charge in [-0.05, 0) is 18.2 Å². The van der Waals surface area contributed by atoms with Gasteiger partial charge in [0.05, 0.1) is 39.5 Å². The number of carbonyl (C=O) groups is 2. The lowest BCUT2D eigenvalue weighted by Crippen LogP contribution is -2.19. The number of aryl methyl sites for hydroxylation is 1. The van der Waals surface area contributed by atoms with E-state index in [1.54, 1.807) is 17.6 Å². The molecule has 10 heteroatoms. The molecular weight excluding hydrogens is 438 g/mol. The Kier molecular flexibility index (Phi) is 5.16. The number of carbonyl (C=O) groups excluding carboxylic acids is 2. The number of hydrogen-bond donors (Lipinski definition) is 0. The molecule has 0 unspecified atom stereocenters. The number of nitrogens with zero attached hydrogens (tertiary/aromatic N) is 3. The Morgan fingerprint density at radius 3 is 2.77 bits per heavy atom. The standard InChI is InChI=1S/C21H17N3O5S2/c1-27-19(25)4-5-24-14-9-15-16(29-7-6-28-15)10-18(14)31-21(24)23-20(26)12-2-3-13-17(8-12)30-11-22-13/h2-3,8-11H,4-7H2,1H3. The van der Waals surface area contributed by atoms with Gasteiger partial charge >= 0.3 is 5.97 Å². The molecule has 0 aliphatic carbocycles. The van der Waals surface area contributed by atoms with E-state index >= 15 is 0 Å². The molecule has 0 fully saturated rings. The monoisotopic (exact) mass is 455 g/mol. The molecule has 0 spiro atoms. The second-order valence-electron chi connectivity index (χ2n) is 6.78. The van der Waals surface area contributed by atoms with E-state index in [9.17, 15) is 9.59 Å². The number of rotatable bonds is 4. The first-order valence-corrected chi connectivity index (χ1v) is 11.2. The number of thiazole rings is 2. The maximum Gasteiger partial charge on any atom is 0.307 e. The van der Waals surface area contributed by atoms with Crippen molar-refractivity contribution >= 4 is 55.0 Å². The number of amides is 1. The number of fused-ring (bicyclic) bond motifs is 3. The zero-order valence-electron chi connectivity index (χ0n) is 16.5. The first-order valence-electron chi connectivity index (χ1n) is 9.54. The van der Waals surface area contributed by atoms with E-state index < -0.39 is 0 Å². The number of benzene rings is 2. The molecule has 158 valence electrons. The van der Waals surface area contributed by atoms with Crippen molar-refractivity contribution in [1.82, 2.24) is 9.55 Å². The summed E-state index contributed by atoms with van der Waals surface area (Å²) in [6, 6.07) is 9.08. The molecule has 3 heterocycles. The highest BCUT2D eigenvalue weighted by molar-refractivity contribution is 7.17. The highest BCUT2D eigenvalue weighted by Crippen LogP contribution is 2.35. The Morgan fingerprint density at radius 1 is 1.16 bits per heavy atom. The van der Waals surface area contributed by atoms with Crippen LogP contribution in [0.3, 0.4) is 0 Å². The predicted octanol–water partition coefficient (Wildman–Crippen LogP) is 3.39. The van der Waals surface area contributed by atoms with Gasteiger partial charge in [0, 0.05) is 24.2 Å². The number of esters is 1. The molecule has 0 radical (unpaired) electrons. The molecule has 0 bridgehead atoms. The van der Waals surface area contributed by atoms with Crippen LogP contribution >= 0.6 is 22.7 Å². The predicted molar refractivity (Wildman–Crippen MR) is 117 cm³/mol. The summed E-state index contributed by atoms with van der Waals surface area (Å²) >= 11 is 2.84. The summed E-state index contributed by atoms with van der Waals surface area (Å²) in [6.45, 7) is 1.29. The topological polar surface area (TPSA) is 92.0 Å². The van der Waals surface area contributed by atoms with Crippen molar-refractivity contribution in [1.29, 1.82) is 0 Å². The summed E-state index contributed by atoms with van der Waals surface area (Å²) in [5, 5.41) is 0. The fourth-order valence-corrected chi connectivity index (χ4v) is 5.13. The highest BCUT2D eigenvalue weighted by Gasteiger charge is 2.18. The number of ether oxygens (including phenoxy) is 3. The SMILES string of the molecule is COC(=O)CCn1c(=NC(=O)c2ccc3ncsc3c2)sc2cc3c(cc21)OCCO3. The van der Waals surface area contributed by atoms with Crippen LogP contribution in [0.4, 0.5) is 0 Å². The van der Waals surface area contributed by atoms with Crippen molar-refractivity contribution in [2.75, 3.05) is 20.3 Å². The first-order chi connectivity index (χ1) is 15.1. The van der Waals surface area contributed by atoms with Crippen LogP contribution in [0.1, 0.15) is 16.8 Å². The minimum absolute atomic E-state index is 0.158. The van der Waals surface area contributed by atoms with Gasteiger partial charge in [-0.3, -0.25) is 9.59 Å². The summed E-state index contributed by atoms with van der Waals surface area (Å²) in [5.41, 5.74) is 3.90. The van der Waals surface area contributed by atoms with Crippen molar-refractivity contribution in [3.05, 3.63) is 46.2 Å². The zero-order valence-corrected chi connectivity index (χ0v) is 18.1. The Balaban J connectivity index is 1.61. The second kappa shape index (κ2) is 8.12. The van der Waals surface area contributed by atoms with Crippen molar-refractivity contribution in [2.24, 2.45) is 4.99 Å². The van der Waals surface area contributed by atoms with E-state index in [0.717, 1.165) is 20.4 Å². The number of methoxy groups -OCH3 is 1. The van der Waals surface area contributed by atoms with E-state index in [0.29, 0.717) is 41.6 Å². The van der Waals surface area contributed by atoms with Crippen LogP contribution in [-0.2, 0) is 16.1 Å². The molecule has 0 N–H and O–H groups in total. The van der Waals surface area contributed by atoms with E-state index in [2.05, 4.69) is 9.98 Å². The Hall–Kier alpha value is -3.24. The smallest absolute Gasteiger partial charge is 0.307 e. The fraction of sp³-hybridized carbons (Fsp3) is 0.238. The van der Waals surface area contributed by atoms with Gasteiger partial charge in [0.25, 0.3) is 5.91 Å². The van der Waals surface area contributed by atoms with Gasteiger partial charge in [-0.25, -0.2) is 4.98 Å². The third kappa shape index (κ3) is 3.79. The third-order valence-electron chi connectivity index (χ3n) is 4.89. The average molecular weight is 456 g/mol. The maximum absolute atomic E-state index is 12.9. The van der Waals surface area contributed by atoms with E-state index in [1.807, 2.05) is 22.8 Å². The summed E-state index contributed by atoms with van der Waals surface area (Å²) in [6.07, 6.45) is 0.158. The normalized spacial score (nSPS) is 13.6. The van der Waals surface area contributed by atoms with Crippen LogP contribution in [0.5, 0.6) is 11.5 Å². The van der Waals surface area contributed by atoms with E-state index in [-0.39, 0.29) is 18.3 Å². The molecule has 1 amide bonds. The molecule has 0 saturated heterocycles. The van der Waals surface area contributed by atoms with Crippen LogP contribution in [0, 0.1) is 0 Å². The summed E-state index contributed by atoms with van der Waals surface area (Å²) < 4.78 is 19.8. The molecule has 2 aromatic heterocycles. The summed E-state index contributed by atoms with van der Waals surface area (Å²) in [5.74, 6) is 0.605. The Bertz CT molecular complexity index is 1380. The minimum atomic E-state index is -0.356. The van der Waals surface area contributed by atoms with Gasteiger partial charge in [-0.15, -0.1) is 11.3 Å². The van der Waals surface area contributed by atoms with Crippen molar-refractivity contribution in [2.45, 2.75) is 13.0 Å². The molecule has 0 atom stereocenters. The molecule has 8 nitrogen and oxygen atoms in total. The van der Waals surface area contributed by atoms with E-state index in [1.165, 1.54) is 29.8 Å². The minimum Gasteiger partial charge on any atom is -0.486 e. The Morgan fingerprint density at radius 2 is 1.97 bits per heavy atom. The van der Waals surface area contributed by atoms with Crippen molar-refractivity contribution in [3.8, 4) is 11.5 Å². The summed E-state index contributed by atoms with van der Waals surface area (Å²) in [7, 11) is 1.35. The van der Waals surface area contributed by atoms with Crippen LogP contribution in [0.2, 0.25) is 0 Å². The zero-order chi connectivity index (χ0) is 21.4. The third-order valence-corrected chi connectivity index (χ3v) is 6.72. The lowest BCUT2D eigenvalue weighted by atomic mass is 10.2. The molecule has 31 heavy (non-hydrogen) atoms. The van der Waals surface area contributed by atoms with Crippen LogP contribution in [-0.4, -0.2) is 41.8 Å². The van der Waals surface area contributed by atoms with Gasteiger partial charge in [-0.1, -0.05) is 11.3 Å². The number of hydrogen-bond acceptors (Lipinski definition) is 8. The molecular formula is C21H17N3O5S2. The van der Waals surface area contributed by atoms with Gasteiger partial charge in [0.2, 0.25) is 0 Å². The first kappa shape index (κ1) is 19.7. The van der Waals surface area contributed by atoms with Gasteiger partial charge in [0.1, 0.15) is 13.2 Å². The van der Waals surface area contributed by atoms with Crippen molar-refractivity contribution in [3.63, 3.8) is 0 Å². The molecule has 4 aromatic rings. The van der Waals surface area contributed by atoms with Gasteiger partial charge in [-0.2, -0.15) is 4.99 Å². The quantitative estimate of drug-likeness (QED) is 0.438. The molecule has 1 aliphatic rings. The fourth-order valence-electron chi connectivity index (χ4n) is 3.35. The Labute approximate surface area is 184 Å². The lowest BCUT2D eigenvalue weighted by Gasteiger charge is -2.18. The van der Waals surface area contributed by atoms with Crippen LogP contribution < -0.4 is 14.3 Å². The summed E-state index contributed by atoms with van der Waals surface area (Å²) in [4.78, 5) is 33.8. The molecule has 2 aromatic carbocycles. The van der Waals surface area contributed by atoms with Crippen molar-refractivity contribution < 1.29 is 23.8 Å². The second-order valence-corrected chi connectivity index (χ2v) is 8.67.